The van der Waals surface area contributed by atoms with Gasteiger partial charge in [-0.3, -0.25) is 4.79 Å². The van der Waals surface area contributed by atoms with Gasteiger partial charge in [-0.1, -0.05) is 20.1 Å². The van der Waals surface area contributed by atoms with Crippen LogP contribution in [0.5, 0.6) is 0 Å². The van der Waals surface area contributed by atoms with E-state index in [0.717, 1.165) is 43.3 Å². The molecule has 10 fully saturated rings. The Balaban J connectivity index is 1.00. The first-order chi connectivity index (χ1) is 24.6. The molecular formula is C38H54O13. The van der Waals surface area contributed by atoms with Crippen LogP contribution in [-0.2, 0) is 52.2 Å². The number of esters is 1. The van der Waals surface area contributed by atoms with E-state index in [-0.39, 0.29) is 67.3 Å². The van der Waals surface area contributed by atoms with Crippen molar-refractivity contribution in [2.75, 3.05) is 13.7 Å². The zero-order valence-electron chi connectivity index (χ0n) is 29.7. The van der Waals surface area contributed by atoms with Gasteiger partial charge >= 0.3 is 5.97 Å². The minimum Gasteiger partial charge on any atom is -0.457 e. The largest absolute Gasteiger partial charge is 0.457 e. The molecule has 0 aliphatic carbocycles. The van der Waals surface area contributed by atoms with Gasteiger partial charge in [0.05, 0.1) is 55.8 Å². The zero-order valence-corrected chi connectivity index (χ0v) is 29.7. The predicted molar refractivity (Wildman–Crippen MR) is 176 cm³/mol. The lowest BCUT2D eigenvalue weighted by Gasteiger charge is -2.47. The van der Waals surface area contributed by atoms with Crippen molar-refractivity contribution in [1.82, 2.24) is 0 Å². The van der Waals surface area contributed by atoms with E-state index in [1.165, 1.54) is 7.11 Å². The summed E-state index contributed by atoms with van der Waals surface area (Å²) < 4.78 is 64.9. The molecule has 19 atom stereocenters. The van der Waals surface area contributed by atoms with Crippen LogP contribution in [0.2, 0.25) is 0 Å². The van der Waals surface area contributed by atoms with E-state index < -0.39 is 67.2 Å². The molecule has 51 heavy (non-hydrogen) atoms. The molecule has 1 spiro atoms. The Bertz CT molecular complexity index is 1360. The van der Waals surface area contributed by atoms with E-state index in [9.17, 15) is 15.0 Å². The summed E-state index contributed by atoms with van der Waals surface area (Å²) in [6, 6.07) is 0. The van der Waals surface area contributed by atoms with Crippen LogP contribution >= 0.6 is 0 Å². The van der Waals surface area contributed by atoms with Gasteiger partial charge in [-0.25, -0.2) is 0 Å². The number of methoxy groups -OCH3 is 1. The standard InChI is InChI=1S/C38H54O13/c1-17-11-20-5-7-23-18(2)12-22(43-23)9-10-38-15-27-33(50-38)35-36(48-27)37(51-38)31-24(47-35)8-6-21(45-31)13-29(40)49-32-26(14-25(44-20)19(17)3)46-28(16-39)30(41)34(32)42-4/h17,20-28,30-37,39,41H,2-3,5-16H2,1,4H3/t17-,20+,21-,22+,23+,24+,25-,26+,27-,28+,30+,31+,32+,33+,34+,35?,36-,37+,38+/m1/s1. The summed E-state index contributed by atoms with van der Waals surface area (Å²) >= 11 is 0. The molecule has 0 aromatic rings. The summed E-state index contributed by atoms with van der Waals surface area (Å²) in [5, 5.41) is 21.2. The first-order valence-corrected chi connectivity index (χ1v) is 19.3. The summed E-state index contributed by atoms with van der Waals surface area (Å²) in [5.74, 6) is -1.11. The summed E-state index contributed by atoms with van der Waals surface area (Å²) in [6.07, 6.45) is -0.578. The van der Waals surface area contributed by atoms with Gasteiger partial charge in [-0.05, 0) is 62.0 Å². The maximum atomic E-state index is 13.8. The maximum Gasteiger partial charge on any atom is 0.308 e. The van der Waals surface area contributed by atoms with Gasteiger partial charge < -0.3 is 57.6 Å². The lowest BCUT2D eigenvalue weighted by atomic mass is 9.83. The van der Waals surface area contributed by atoms with Crippen LogP contribution in [0, 0.1) is 5.92 Å². The van der Waals surface area contributed by atoms with Crippen LogP contribution in [0.4, 0.5) is 0 Å². The molecule has 10 aliphatic rings. The first-order valence-electron chi connectivity index (χ1n) is 19.3. The number of fused-ring (bicyclic) bond motifs is 6. The van der Waals surface area contributed by atoms with Crippen molar-refractivity contribution in [1.29, 1.82) is 0 Å². The molecule has 13 nitrogen and oxygen atoms in total. The molecule has 0 aromatic heterocycles. The minimum atomic E-state index is -1.21. The molecule has 0 radical (unpaired) electrons. The molecule has 10 heterocycles. The van der Waals surface area contributed by atoms with Gasteiger partial charge in [-0.2, -0.15) is 0 Å². The number of aliphatic hydroxyl groups is 2. The fourth-order valence-corrected chi connectivity index (χ4v) is 10.6. The number of rotatable bonds is 2. The Hall–Kier alpha value is -1.49. The van der Waals surface area contributed by atoms with E-state index in [1.54, 1.807) is 0 Å². The zero-order chi connectivity index (χ0) is 35.2. The predicted octanol–water partition coefficient (Wildman–Crippen LogP) is 2.42. The van der Waals surface area contributed by atoms with Crippen molar-refractivity contribution in [3.63, 3.8) is 0 Å². The highest BCUT2D eigenvalue weighted by Crippen LogP contribution is 2.54. The fraction of sp³-hybridized carbons (Fsp3) is 0.868. The molecule has 2 N–H and O–H groups in total. The molecule has 284 valence electrons. The Morgan fingerprint density at radius 3 is 2.33 bits per heavy atom. The average molecular weight is 719 g/mol. The molecule has 12 bridgehead atoms. The van der Waals surface area contributed by atoms with Gasteiger partial charge in [0.2, 0.25) is 0 Å². The van der Waals surface area contributed by atoms with Crippen LogP contribution < -0.4 is 0 Å². The molecule has 0 saturated carbocycles. The van der Waals surface area contributed by atoms with Crippen LogP contribution in [-0.4, -0.2) is 139 Å². The van der Waals surface area contributed by atoms with Crippen molar-refractivity contribution in [2.45, 2.75) is 187 Å². The number of carbonyl (C=O) groups is 1. The highest BCUT2D eigenvalue weighted by molar-refractivity contribution is 5.70. The second kappa shape index (κ2) is 13.7. The maximum absolute atomic E-state index is 13.8. The van der Waals surface area contributed by atoms with Crippen LogP contribution in [0.3, 0.4) is 0 Å². The smallest absolute Gasteiger partial charge is 0.308 e. The Labute approximate surface area is 299 Å². The lowest BCUT2D eigenvalue weighted by molar-refractivity contribution is -0.293. The van der Waals surface area contributed by atoms with E-state index in [2.05, 4.69) is 20.1 Å². The highest BCUT2D eigenvalue weighted by atomic mass is 16.8. The Morgan fingerprint density at radius 2 is 1.51 bits per heavy atom. The third kappa shape index (κ3) is 6.26. The third-order valence-corrected chi connectivity index (χ3v) is 13.3. The van der Waals surface area contributed by atoms with Crippen molar-refractivity contribution >= 4 is 5.97 Å². The van der Waals surface area contributed by atoms with Crippen LogP contribution in [0.1, 0.15) is 77.6 Å². The summed E-state index contributed by atoms with van der Waals surface area (Å²) in [7, 11) is 1.46. The van der Waals surface area contributed by atoms with Gasteiger partial charge in [0.25, 0.3) is 0 Å². The normalized spacial score (nSPS) is 54.1. The highest BCUT2D eigenvalue weighted by Gasteiger charge is 2.68. The lowest BCUT2D eigenvalue weighted by Crippen LogP contribution is -2.62. The average Bonchev–Trinajstić information content (AvgIpc) is 3.69. The van der Waals surface area contributed by atoms with Crippen LogP contribution in [0.25, 0.3) is 0 Å². The Kier molecular flexibility index (Phi) is 9.44. The molecule has 10 aliphatic heterocycles. The second-order valence-electron chi connectivity index (χ2n) is 16.5. The molecular weight excluding hydrogens is 664 g/mol. The van der Waals surface area contributed by atoms with Crippen molar-refractivity contribution < 1.29 is 62.4 Å². The van der Waals surface area contributed by atoms with Crippen molar-refractivity contribution in [3.8, 4) is 0 Å². The Morgan fingerprint density at radius 1 is 0.765 bits per heavy atom. The number of hydrogen-bond acceptors (Lipinski definition) is 13. The molecule has 13 heteroatoms. The van der Waals surface area contributed by atoms with Gasteiger partial charge in [0.1, 0.15) is 54.9 Å². The number of aliphatic hydroxyl groups excluding tert-OH is 2. The molecule has 10 rings (SSSR count). The van der Waals surface area contributed by atoms with Crippen molar-refractivity contribution in [3.05, 3.63) is 24.3 Å². The summed E-state index contributed by atoms with van der Waals surface area (Å²) in [6.45, 7) is 10.5. The molecule has 0 amide bonds. The SMILES string of the molecule is C=C1C[C@@H]2CC[C@@]34C[C@H]5O[C@@H]6C(O[C@H]7CC[C@H](CC(=O)O[C@@H]8[C@@H](OC)[C@@H](O)[C@H](CO)O[C@H]8C[C@H]8O[C@@H](CC[C@@H]1O2)C[C@@H](C)C8=C)O[C@@H]7[C@@H]6O3)[C@H]5O4. The number of carbonyl (C=O) groups excluding carboxylic acids is 1. The van der Waals surface area contributed by atoms with E-state index in [1.807, 2.05) is 0 Å². The van der Waals surface area contributed by atoms with Gasteiger partial charge in [-0.15, -0.1) is 0 Å². The quantitative estimate of drug-likeness (QED) is 0.318. The molecule has 1 unspecified atom stereocenters. The number of hydrogen-bond donors (Lipinski definition) is 2. The minimum absolute atomic E-state index is 0.00716. The summed E-state index contributed by atoms with van der Waals surface area (Å²) in [4.78, 5) is 13.8. The van der Waals surface area contributed by atoms with Gasteiger partial charge in [0, 0.05) is 26.4 Å². The van der Waals surface area contributed by atoms with E-state index >= 15 is 0 Å². The van der Waals surface area contributed by atoms with Gasteiger partial charge in [0.15, 0.2) is 11.9 Å². The first kappa shape index (κ1) is 35.2. The van der Waals surface area contributed by atoms with E-state index in [4.69, 9.17) is 47.4 Å². The summed E-state index contributed by atoms with van der Waals surface area (Å²) in [5.41, 5.74) is 2.05. The van der Waals surface area contributed by atoms with Crippen LogP contribution in [0.15, 0.2) is 24.3 Å². The third-order valence-electron chi connectivity index (χ3n) is 13.3. The molecule has 0 aromatic carbocycles. The molecule has 10 saturated heterocycles. The fourth-order valence-electron chi connectivity index (χ4n) is 10.6. The second-order valence-corrected chi connectivity index (χ2v) is 16.5. The van der Waals surface area contributed by atoms with E-state index in [0.29, 0.717) is 32.1 Å². The van der Waals surface area contributed by atoms with Crippen molar-refractivity contribution in [2.24, 2.45) is 5.92 Å². The number of ether oxygens (including phenoxy) is 10. The topological polar surface area (TPSA) is 150 Å². The monoisotopic (exact) mass is 718 g/mol.